The van der Waals surface area contributed by atoms with Crippen molar-refractivity contribution in [1.82, 2.24) is 28.3 Å². The van der Waals surface area contributed by atoms with E-state index in [1.54, 1.807) is 43.6 Å². The Balaban J connectivity index is 1.30. The lowest BCUT2D eigenvalue weighted by atomic mass is 9.97. The standard InChI is InChI=1S/C36H36N6O5S/c1-23(2)31-20-41(48(45,46)32-14-10-9-11-24(32)3)35-34(31)39-28(18-37-35)17-30-25(4)15-29(16-26(30)5)42-36(44)40(33(43)19-38-42)22-47-21-27-12-7-6-8-13-27/h6-16,18-20,23H,17,21-22H2,1-5H3. The molecule has 0 aliphatic carbocycles. The summed E-state index contributed by atoms with van der Waals surface area (Å²) in [5, 5.41) is 4.12. The van der Waals surface area contributed by atoms with Gasteiger partial charge in [-0.15, -0.1) is 0 Å². The highest BCUT2D eigenvalue weighted by Crippen LogP contribution is 2.30. The molecular formula is C36H36N6O5S. The highest BCUT2D eigenvalue weighted by Gasteiger charge is 2.25. The van der Waals surface area contributed by atoms with Gasteiger partial charge in [0, 0.05) is 18.2 Å². The van der Waals surface area contributed by atoms with E-state index in [0.717, 1.165) is 38.6 Å². The second-order valence-electron chi connectivity index (χ2n) is 12.1. The van der Waals surface area contributed by atoms with Gasteiger partial charge < -0.3 is 4.74 Å². The molecule has 0 amide bonds. The first-order chi connectivity index (χ1) is 23.0. The largest absolute Gasteiger partial charge is 0.356 e. The molecule has 6 rings (SSSR count). The lowest BCUT2D eigenvalue weighted by Crippen LogP contribution is -2.40. The molecule has 3 aromatic carbocycles. The van der Waals surface area contributed by atoms with Crippen molar-refractivity contribution in [2.75, 3.05) is 0 Å². The van der Waals surface area contributed by atoms with Gasteiger partial charge in [-0.3, -0.25) is 4.79 Å². The number of hydrogen-bond donors (Lipinski definition) is 0. The molecular weight excluding hydrogens is 629 g/mol. The molecule has 0 aliphatic heterocycles. The van der Waals surface area contributed by atoms with Crippen LogP contribution in [0.5, 0.6) is 0 Å². The Kier molecular flexibility index (Phi) is 8.95. The first-order valence-electron chi connectivity index (χ1n) is 15.5. The lowest BCUT2D eigenvalue weighted by Gasteiger charge is -2.14. The zero-order valence-corrected chi connectivity index (χ0v) is 28.2. The molecule has 6 aromatic rings. The summed E-state index contributed by atoms with van der Waals surface area (Å²) in [5.41, 5.74) is 5.98. The van der Waals surface area contributed by atoms with E-state index in [4.69, 9.17) is 9.72 Å². The van der Waals surface area contributed by atoms with Crippen LogP contribution in [0, 0.1) is 20.8 Å². The number of aryl methyl sites for hydroxylation is 3. The van der Waals surface area contributed by atoms with Crippen molar-refractivity contribution in [2.24, 2.45) is 0 Å². The molecule has 246 valence electrons. The van der Waals surface area contributed by atoms with E-state index in [1.807, 2.05) is 70.2 Å². The predicted octanol–water partition coefficient (Wildman–Crippen LogP) is 5.19. The number of benzene rings is 3. The molecule has 0 radical (unpaired) electrons. The van der Waals surface area contributed by atoms with E-state index in [2.05, 4.69) is 10.1 Å². The summed E-state index contributed by atoms with van der Waals surface area (Å²) in [6.07, 6.45) is 4.78. The normalized spacial score (nSPS) is 11.9. The summed E-state index contributed by atoms with van der Waals surface area (Å²) in [5.74, 6) is 0.00551. The molecule has 0 saturated carbocycles. The van der Waals surface area contributed by atoms with Crippen LogP contribution in [0.4, 0.5) is 0 Å². The molecule has 0 spiro atoms. The van der Waals surface area contributed by atoms with Gasteiger partial charge in [-0.2, -0.15) is 9.78 Å². The van der Waals surface area contributed by atoms with Gasteiger partial charge in [0.25, 0.3) is 15.6 Å². The molecule has 48 heavy (non-hydrogen) atoms. The van der Waals surface area contributed by atoms with Crippen LogP contribution in [0.2, 0.25) is 0 Å². The van der Waals surface area contributed by atoms with Crippen molar-refractivity contribution in [2.45, 2.75) is 65.2 Å². The van der Waals surface area contributed by atoms with E-state index in [1.165, 1.54) is 8.65 Å². The molecule has 0 saturated heterocycles. The molecule has 0 atom stereocenters. The third-order valence-corrected chi connectivity index (χ3v) is 10.2. The van der Waals surface area contributed by atoms with Gasteiger partial charge in [-0.05, 0) is 72.7 Å². The van der Waals surface area contributed by atoms with Crippen LogP contribution in [-0.4, -0.2) is 36.7 Å². The van der Waals surface area contributed by atoms with Crippen molar-refractivity contribution >= 4 is 21.2 Å². The van der Waals surface area contributed by atoms with Crippen LogP contribution in [0.15, 0.2) is 99.8 Å². The Hall–Kier alpha value is -5.20. The Labute approximate surface area is 278 Å². The highest BCUT2D eigenvalue weighted by molar-refractivity contribution is 7.90. The SMILES string of the molecule is Cc1ccccc1S(=O)(=O)n1cc(C(C)C)c2nc(Cc3c(C)cc(-n4ncc(=O)n(COCc5ccccc5)c4=O)cc3C)cnc21. The fourth-order valence-corrected chi connectivity index (χ4v) is 7.33. The highest BCUT2D eigenvalue weighted by atomic mass is 32.2. The quantitative estimate of drug-likeness (QED) is 0.196. The van der Waals surface area contributed by atoms with Crippen LogP contribution in [0.1, 0.15) is 58.8 Å². The number of nitrogens with zero attached hydrogens (tertiary/aromatic N) is 6. The third kappa shape index (κ3) is 6.24. The summed E-state index contributed by atoms with van der Waals surface area (Å²) in [6.45, 7) is 9.68. The molecule has 0 unspecified atom stereocenters. The minimum absolute atomic E-state index is 0.00551. The van der Waals surface area contributed by atoms with E-state index in [-0.39, 0.29) is 29.8 Å². The van der Waals surface area contributed by atoms with Crippen LogP contribution in [0.3, 0.4) is 0 Å². The maximum atomic E-state index is 13.7. The molecule has 3 aromatic heterocycles. The Bertz CT molecular complexity index is 2350. The maximum Gasteiger partial charge on any atom is 0.354 e. The van der Waals surface area contributed by atoms with Gasteiger partial charge in [0.1, 0.15) is 18.4 Å². The Morgan fingerprint density at radius 1 is 0.875 bits per heavy atom. The van der Waals surface area contributed by atoms with E-state index in [9.17, 15) is 18.0 Å². The topological polar surface area (TPSA) is 131 Å². The van der Waals surface area contributed by atoms with Crippen molar-refractivity contribution in [3.05, 3.63) is 145 Å². The number of hydrogen-bond acceptors (Lipinski definition) is 8. The maximum absolute atomic E-state index is 13.7. The first-order valence-corrected chi connectivity index (χ1v) is 17.0. The van der Waals surface area contributed by atoms with Crippen LogP contribution in [0.25, 0.3) is 16.9 Å². The van der Waals surface area contributed by atoms with E-state index in [0.29, 0.717) is 28.9 Å². The summed E-state index contributed by atoms with van der Waals surface area (Å²) in [4.78, 5) is 35.6. The average Bonchev–Trinajstić information content (AvgIpc) is 3.45. The Morgan fingerprint density at radius 2 is 1.56 bits per heavy atom. The third-order valence-electron chi connectivity index (χ3n) is 8.37. The van der Waals surface area contributed by atoms with Crippen LogP contribution >= 0.6 is 0 Å². The molecule has 0 bridgehead atoms. The summed E-state index contributed by atoms with van der Waals surface area (Å²) >= 11 is 0. The van der Waals surface area contributed by atoms with Gasteiger partial charge >= 0.3 is 5.69 Å². The fraction of sp³-hybridized carbons (Fsp3) is 0.250. The van der Waals surface area contributed by atoms with Gasteiger partial charge in [0.2, 0.25) is 0 Å². The summed E-state index contributed by atoms with van der Waals surface area (Å²) < 4.78 is 36.6. The summed E-state index contributed by atoms with van der Waals surface area (Å²) in [7, 11) is -3.90. The van der Waals surface area contributed by atoms with Gasteiger partial charge in [-0.25, -0.2) is 31.7 Å². The number of fused-ring (bicyclic) bond motifs is 1. The number of aromatic nitrogens is 6. The molecule has 0 N–H and O–H groups in total. The molecule has 11 nitrogen and oxygen atoms in total. The lowest BCUT2D eigenvalue weighted by molar-refractivity contribution is 0.0578. The number of rotatable bonds is 10. The van der Waals surface area contributed by atoms with Crippen molar-refractivity contribution in [3.63, 3.8) is 0 Å². The Morgan fingerprint density at radius 3 is 2.25 bits per heavy atom. The van der Waals surface area contributed by atoms with E-state index >= 15 is 0 Å². The summed E-state index contributed by atoms with van der Waals surface area (Å²) in [6, 6.07) is 20.1. The predicted molar refractivity (Wildman–Crippen MR) is 183 cm³/mol. The fourth-order valence-electron chi connectivity index (χ4n) is 5.78. The van der Waals surface area contributed by atoms with Crippen molar-refractivity contribution in [1.29, 1.82) is 0 Å². The van der Waals surface area contributed by atoms with Crippen LogP contribution < -0.4 is 11.2 Å². The van der Waals surface area contributed by atoms with Gasteiger partial charge in [0.15, 0.2) is 5.65 Å². The zero-order chi connectivity index (χ0) is 34.2. The minimum atomic E-state index is -3.90. The number of ether oxygens (including phenoxy) is 1. The molecule has 12 heteroatoms. The minimum Gasteiger partial charge on any atom is -0.356 e. The first kappa shape index (κ1) is 32.7. The van der Waals surface area contributed by atoms with E-state index < -0.39 is 21.3 Å². The van der Waals surface area contributed by atoms with Crippen molar-refractivity contribution in [3.8, 4) is 5.69 Å². The van der Waals surface area contributed by atoms with Crippen LogP contribution in [-0.2, 0) is 34.5 Å². The van der Waals surface area contributed by atoms with Gasteiger partial charge in [-0.1, -0.05) is 62.4 Å². The molecule has 3 heterocycles. The molecule has 0 fully saturated rings. The second kappa shape index (κ2) is 13.1. The average molecular weight is 665 g/mol. The monoisotopic (exact) mass is 664 g/mol. The molecule has 0 aliphatic rings. The smallest absolute Gasteiger partial charge is 0.354 e. The second-order valence-corrected chi connectivity index (χ2v) is 13.9. The zero-order valence-electron chi connectivity index (χ0n) is 27.4. The van der Waals surface area contributed by atoms with Gasteiger partial charge in [0.05, 0.1) is 29.1 Å². The van der Waals surface area contributed by atoms with Crippen molar-refractivity contribution < 1.29 is 13.2 Å².